The van der Waals surface area contributed by atoms with Gasteiger partial charge in [0.2, 0.25) is 0 Å². The third kappa shape index (κ3) is 2.11. The second-order valence-corrected chi connectivity index (χ2v) is 4.44. The molecular weight excluding hydrogens is 212 g/mol. The van der Waals surface area contributed by atoms with Gasteiger partial charge in [-0.25, -0.2) is 0 Å². The molecule has 2 aromatic rings. The molecule has 0 amide bonds. The summed E-state index contributed by atoms with van der Waals surface area (Å²) in [6.07, 6.45) is 0. The normalized spacial score (nSPS) is 10.5. The molecule has 0 saturated carbocycles. The minimum Gasteiger partial charge on any atom is -0.508 e. The van der Waals surface area contributed by atoms with Crippen molar-refractivity contribution in [3.63, 3.8) is 0 Å². The van der Waals surface area contributed by atoms with Crippen molar-refractivity contribution in [2.75, 3.05) is 0 Å². The fourth-order valence-electron chi connectivity index (χ4n) is 1.95. The Bertz CT molecular complexity index is 548. The number of phenolic OH excluding ortho intramolecular Hbond substituents is 2. The highest BCUT2D eigenvalue weighted by atomic mass is 16.3. The number of hydrogen-bond donors (Lipinski definition) is 2. The van der Waals surface area contributed by atoms with Crippen LogP contribution in [0.4, 0.5) is 0 Å². The molecule has 17 heavy (non-hydrogen) atoms. The van der Waals surface area contributed by atoms with E-state index in [1.54, 1.807) is 6.07 Å². The van der Waals surface area contributed by atoms with Gasteiger partial charge in [-0.1, -0.05) is 12.1 Å². The number of hydrogen-bond acceptors (Lipinski definition) is 2. The van der Waals surface area contributed by atoms with Crippen LogP contribution in [0.1, 0.15) is 16.7 Å². The van der Waals surface area contributed by atoms with E-state index in [-0.39, 0.29) is 11.5 Å². The van der Waals surface area contributed by atoms with Crippen LogP contribution >= 0.6 is 0 Å². The average molecular weight is 228 g/mol. The molecule has 0 heterocycles. The molecule has 2 heteroatoms. The largest absolute Gasteiger partial charge is 0.508 e. The lowest BCUT2D eigenvalue weighted by molar-refractivity contribution is 0.462. The summed E-state index contributed by atoms with van der Waals surface area (Å²) >= 11 is 0. The number of benzene rings is 2. The zero-order valence-electron chi connectivity index (χ0n) is 10.3. The van der Waals surface area contributed by atoms with E-state index < -0.39 is 0 Å². The Kier molecular flexibility index (Phi) is 2.80. The molecular formula is C15H16O2. The van der Waals surface area contributed by atoms with Gasteiger partial charge in [0.05, 0.1) is 0 Å². The maximum absolute atomic E-state index is 9.83. The van der Waals surface area contributed by atoms with Gasteiger partial charge in [-0.2, -0.15) is 0 Å². The molecule has 0 bridgehead atoms. The van der Waals surface area contributed by atoms with Gasteiger partial charge in [0, 0.05) is 5.56 Å². The quantitative estimate of drug-likeness (QED) is 0.731. The zero-order chi connectivity index (χ0) is 12.6. The van der Waals surface area contributed by atoms with E-state index in [0.717, 1.165) is 5.56 Å². The first kappa shape index (κ1) is 11.5. The lowest BCUT2D eigenvalue weighted by atomic mass is 9.96. The average Bonchev–Trinajstić information content (AvgIpc) is 2.28. The van der Waals surface area contributed by atoms with E-state index in [1.807, 2.05) is 26.0 Å². The van der Waals surface area contributed by atoms with Crippen molar-refractivity contribution in [3.05, 3.63) is 47.0 Å². The van der Waals surface area contributed by atoms with E-state index in [2.05, 4.69) is 6.92 Å². The molecule has 0 saturated heterocycles. The predicted molar refractivity (Wildman–Crippen MR) is 69.4 cm³/mol. The van der Waals surface area contributed by atoms with Gasteiger partial charge in [0.1, 0.15) is 11.5 Å². The summed E-state index contributed by atoms with van der Waals surface area (Å²) in [5.41, 5.74) is 5.22. The van der Waals surface area contributed by atoms with E-state index >= 15 is 0 Å². The number of phenols is 2. The van der Waals surface area contributed by atoms with Crippen molar-refractivity contribution < 1.29 is 10.2 Å². The van der Waals surface area contributed by atoms with E-state index in [0.29, 0.717) is 5.56 Å². The Morgan fingerprint density at radius 1 is 0.824 bits per heavy atom. The molecule has 88 valence electrons. The first-order chi connectivity index (χ1) is 7.99. The van der Waals surface area contributed by atoms with Crippen molar-refractivity contribution >= 4 is 0 Å². The van der Waals surface area contributed by atoms with Crippen LogP contribution in [0.3, 0.4) is 0 Å². The van der Waals surface area contributed by atoms with Crippen LogP contribution in [-0.4, -0.2) is 10.2 Å². The molecule has 0 aliphatic heterocycles. The summed E-state index contributed by atoms with van der Waals surface area (Å²) in [7, 11) is 0. The smallest absolute Gasteiger partial charge is 0.123 e. The molecule has 0 aliphatic carbocycles. The van der Waals surface area contributed by atoms with E-state index in [4.69, 9.17) is 0 Å². The van der Waals surface area contributed by atoms with Crippen molar-refractivity contribution in [2.24, 2.45) is 0 Å². The van der Waals surface area contributed by atoms with Gasteiger partial charge >= 0.3 is 0 Å². The molecule has 0 radical (unpaired) electrons. The Labute approximate surface area is 101 Å². The molecule has 0 spiro atoms. The third-order valence-corrected chi connectivity index (χ3v) is 3.22. The lowest BCUT2D eigenvalue weighted by Gasteiger charge is -2.11. The lowest BCUT2D eigenvalue weighted by Crippen LogP contribution is -1.89. The fourth-order valence-corrected chi connectivity index (χ4v) is 1.95. The highest BCUT2D eigenvalue weighted by Gasteiger charge is 2.08. The van der Waals surface area contributed by atoms with Crippen LogP contribution in [0.25, 0.3) is 11.1 Å². The summed E-state index contributed by atoms with van der Waals surface area (Å²) in [4.78, 5) is 0. The number of rotatable bonds is 1. The van der Waals surface area contributed by atoms with Crippen LogP contribution < -0.4 is 0 Å². The SMILES string of the molecule is Cc1cc(-c2cc(O)ccc2O)cc(C)c1C. The van der Waals surface area contributed by atoms with Crippen molar-refractivity contribution in [3.8, 4) is 22.6 Å². The molecule has 0 unspecified atom stereocenters. The standard InChI is InChI=1S/C15H16O2/c1-9-6-12(7-10(2)11(9)3)14-8-13(16)4-5-15(14)17/h4-8,16-17H,1-3H3. The second kappa shape index (κ2) is 4.13. The Morgan fingerprint density at radius 3 is 2.00 bits per heavy atom. The molecule has 2 N–H and O–H groups in total. The molecule has 2 aromatic carbocycles. The molecule has 0 aliphatic rings. The highest BCUT2D eigenvalue weighted by molar-refractivity contribution is 5.73. The summed E-state index contributed by atoms with van der Waals surface area (Å²) < 4.78 is 0. The van der Waals surface area contributed by atoms with Crippen molar-refractivity contribution in [1.82, 2.24) is 0 Å². The van der Waals surface area contributed by atoms with Crippen molar-refractivity contribution in [1.29, 1.82) is 0 Å². The van der Waals surface area contributed by atoms with Gasteiger partial charge in [0.15, 0.2) is 0 Å². The Morgan fingerprint density at radius 2 is 1.41 bits per heavy atom. The summed E-state index contributed by atoms with van der Waals surface area (Å²) in [5, 5.41) is 19.3. The molecule has 2 rings (SSSR count). The van der Waals surface area contributed by atoms with Crippen LogP contribution in [-0.2, 0) is 0 Å². The van der Waals surface area contributed by atoms with Gasteiger partial charge in [-0.15, -0.1) is 0 Å². The minimum absolute atomic E-state index is 0.161. The molecule has 0 atom stereocenters. The summed E-state index contributed by atoms with van der Waals surface area (Å²) in [6, 6.07) is 8.62. The zero-order valence-corrected chi connectivity index (χ0v) is 10.3. The van der Waals surface area contributed by atoms with Gasteiger partial charge in [-0.3, -0.25) is 0 Å². The van der Waals surface area contributed by atoms with Crippen LogP contribution in [0.2, 0.25) is 0 Å². The molecule has 0 fully saturated rings. The fraction of sp³-hybridized carbons (Fsp3) is 0.200. The highest BCUT2D eigenvalue weighted by Crippen LogP contribution is 2.34. The van der Waals surface area contributed by atoms with Gasteiger partial charge in [-0.05, 0) is 61.2 Å². The maximum Gasteiger partial charge on any atom is 0.123 e. The summed E-state index contributed by atoms with van der Waals surface area (Å²) in [5.74, 6) is 0.346. The van der Waals surface area contributed by atoms with Crippen molar-refractivity contribution in [2.45, 2.75) is 20.8 Å². The monoisotopic (exact) mass is 228 g/mol. The van der Waals surface area contributed by atoms with Crippen LogP contribution in [0.5, 0.6) is 11.5 Å². The van der Waals surface area contributed by atoms with Gasteiger partial charge < -0.3 is 10.2 Å². The van der Waals surface area contributed by atoms with Crippen LogP contribution in [0.15, 0.2) is 30.3 Å². The molecule has 0 aromatic heterocycles. The minimum atomic E-state index is 0.161. The third-order valence-electron chi connectivity index (χ3n) is 3.22. The topological polar surface area (TPSA) is 40.5 Å². The second-order valence-electron chi connectivity index (χ2n) is 4.44. The van der Waals surface area contributed by atoms with Gasteiger partial charge in [0.25, 0.3) is 0 Å². The number of aryl methyl sites for hydroxylation is 2. The first-order valence-electron chi connectivity index (χ1n) is 5.59. The Balaban J connectivity index is 2.64. The number of aromatic hydroxyl groups is 2. The van der Waals surface area contributed by atoms with Crippen LogP contribution in [0, 0.1) is 20.8 Å². The van der Waals surface area contributed by atoms with E-state index in [9.17, 15) is 10.2 Å². The molecule has 2 nitrogen and oxygen atoms in total. The van der Waals surface area contributed by atoms with E-state index in [1.165, 1.54) is 28.8 Å². The Hall–Kier alpha value is -1.96. The maximum atomic E-state index is 9.83. The predicted octanol–water partition coefficient (Wildman–Crippen LogP) is 3.69. The summed E-state index contributed by atoms with van der Waals surface area (Å²) in [6.45, 7) is 6.17. The first-order valence-corrected chi connectivity index (χ1v) is 5.59.